The number of sulfonamides is 1. The Kier molecular flexibility index (Phi) is 6.24. The highest BCUT2D eigenvalue weighted by Crippen LogP contribution is 2.21. The molecule has 0 unspecified atom stereocenters. The summed E-state index contributed by atoms with van der Waals surface area (Å²) >= 11 is 0. The molecule has 4 aromatic rings. The van der Waals surface area contributed by atoms with Gasteiger partial charge in [-0.2, -0.15) is 5.10 Å². The Morgan fingerprint density at radius 2 is 1.64 bits per heavy atom. The molecule has 0 heterocycles. The predicted octanol–water partition coefficient (Wildman–Crippen LogP) is 5.02. The van der Waals surface area contributed by atoms with E-state index in [4.69, 9.17) is 0 Å². The number of hydrogen-bond donors (Lipinski definition) is 2. The van der Waals surface area contributed by atoms with Gasteiger partial charge in [-0.05, 0) is 54.4 Å². The van der Waals surface area contributed by atoms with Crippen LogP contribution in [0.1, 0.15) is 27.0 Å². The molecule has 7 heteroatoms. The lowest BCUT2D eigenvalue weighted by Gasteiger charge is -2.12. The predicted molar refractivity (Wildman–Crippen MR) is 132 cm³/mol. The van der Waals surface area contributed by atoms with E-state index in [1.54, 1.807) is 18.3 Å². The third kappa shape index (κ3) is 5.10. The summed E-state index contributed by atoms with van der Waals surface area (Å²) in [6, 6.07) is 25.0. The number of benzene rings is 4. The molecular formula is C26H23N3O3S. The van der Waals surface area contributed by atoms with Gasteiger partial charge in [-0.1, -0.05) is 66.2 Å². The highest BCUT2D eigenvalue weighted by atomic mass is 32.2. The van der Waals surface area contributed by atoms with Gasteiger partial charge in [-0.25, -0.2) is 13.8 Å². The van der Waals surface area contributed by atoms with Gasteiger partial charge < -0.3 is 0 Å². The molecule has 0 saturated carbocycles. The van der Waals surface area contributed by atoms with Crippen molar-refractivity contribution < 1.29 is 13.2 Å². The summed E-state index contributed by atoms with van der Waals surface area (Å²) in [6.07, 6.45) is 1.57. The zero-order chi connectivity index (χ0) is 23.4. The third-order valence-corrected chi connectivity index (χ3v) is 6.59. The van der Waals surface area contributed by atoms with Crippen LogP contribution in [0.4, 0.5) is 5.69 Å². The highest BCUT2D eigenvalue weighted by molar-refractivity contribution is 7.92. The smallest absolute Gasteiger partial charge is 0.271 e. The van der Waals surface area contributed by atoms with Crippen LogP contribution in [-0.2, 0) is 10.0 Å². The topological polar surface area (TPSA) is 87.6 Å². The number of amides is 1. The molecule has 0 spiro atoms. The molecule has 0 aliphatic heterocycles. The number of carbonyl (C=O) groups is 1. The van der Waals surface area contributed by atoms with Crippen LogP contribution in [0.3, 0.4) is 0 Å². The first-order chi connectivity index (χ1) is 15.8. The first kappa shape index (κ1) is 22.2. The first-order valence-electron chi connectivity index (χ1n) is 10.3. The number of nitrogens with one attached hydrogen (secondary N) is 2. The molecule has 0 aliphatic carbocycles. The van der Waals surface area contributed by atoms with Crippen LogP contribution in [0.5, 0.6) is 0 Å². The summed E-state index contributed by atoms with van der Waals surface area (Å²) in [5.74, 6) is -0.505. The lowest BCUT2D eigenvalue weighted by Crippen LogP contribution is -2.19. The Bertz CT molecular complexity index is 1470. The molecule has 1 amide bonds. The molecule has 0 saturated heterocycles. The number of fused-ring (bicyclic) bond motifs is 1. The molecule has 2 N–H and O–H groups in total. The van der Waals surface area contributed by atoms with E-state index in [2.05, 4.69) is 15.2 Å². The van der Waals surface area contributed by atoms with E-state index in [9.17, 15) is 13.2 Å². The van der Waals surface area contributed by atoms with Crippen molar-refractivity contribution in [3.63, 3.8) is 0 Å². The first-order valence-corrected chi connectivity index (χ1v) is 11.8. The van der Waals surface area contributed by atoms with Crippen molar-refractivity contribution in [1.29, 1.82) is 0 Å². The van der Waals surface area contributed by atoms with Crippen LogP contribution in [-0.4, -0.2) is 20.5 Å². The van der Waals surface area contributed by atoms with Gasteiger partial charge in [-0.3, -0.25) is 9.52 Å². The number of hydrazone groups is 1. The molecule has 0 atom stereocenters. The van der Waals surface area contributed by atoms with Crippen molar-refractivity contribution in [3.05, 3.63) is 107 Å². The van der Waals surface area contributed by atoms with Crippen molar-refractivity contribution in [2.75, 3.05) is 4.72 Å². The molecule has 33 heavy (non-hydrogen) atoms. The maximum absolute atomic E-state index is 12.9. The third-order valence-electron chi connectivity index (χ3n) is 5.23. The van der Waals surface area contributed by atoms with Crippen molar-refractivity contribution in [2.45, 2.75) is 18.7 Å². The zero-order valence-corrected chi connectivity index (χ0v) is 19.1. The minimum atomic E-state index is -3.86. The molecule has 6 nitrogen and oxygen atoms in total. The van der Waals surface area contributed by atoms with Crippen LogP contribution < -0.4 is 10.1 Å². The van der Waals surface area contributed by atoms with E-state index in [0.29, 0.717) is 5.69 Å². The fourth-order valence-electron chi connectivity index (χ4n) is 3.52. The minimum Gasteiger partial charge on any atom is -0.279 e. The average Bonchev–Trinajstić information content (AvgIpc) is 2.81. The molecule has 166 valence electrons. The van der Waals surface area contributed by atoms with E-state index in [1.165, 1.54) is 18.2 Å². The lowest BCUT2D eigenvalue weighted by atomic mass is 10.1. The molecular weight excluding hydrogens is 434 g/mol. The van der Waals surface area contributed by atoms with Crippen molar-refractivity contribution >= 4 is 38.6 Å². The molecule has 0 bridgehead atoms. The number of nitrogens with zero attached hydrogens (tertiary/aromatic N) is 1. The number of rotatable bonds is 6. The Labute approximate surface area is 193 Å². The molecule has 4 aromatic carbocycles. The average molecular weight is 458 g/mol. The van der Waals surface area contributed by atoms with Gasteiger partial charge in [0.2, 0.25) is 0 Å². The van der Waals surface area contributed by atoms with Crippen LogP contribution in [0.2, 0.25) is 0 Å². The summed E-state index contributed by atoms with van der Waals surface area (Å²) in [5.41, 5.74) is 5.87. The SMILES string of the molecule is Cc1ccc(NS(=O)(=O)c2cccc(C(=O)N/N=C/c3cccc4ccccc34)c2)c(C)c1. The van der Waals surface area contributed by atoms with Gasteiger partial charge >= 0.3 is 0 Å². The van der Waals surface area contributed by atoms with Crippen LogP contribution in [0.15, 0.2) is 94.9 Å². The number of hydrogen-bond acceptors (Lipinski definition) is 4. The monoisotopic (exact) mass is 457 g/mol. The van der Waals surface area contributed by atoms with E-state index in [-0.39, 0.29) is 10.5 Å². The van der Waals surface area contributed by atoms with Crippen molar-refractivity contribution in [3.8, 4) is 0 Å². The highest BCUT2D eigenvalue weighted by Gasteiger charge is 2.17. The summed E-state index contributed by atoms with van der Waals surface area (Å²) < 4.78 is 28.3. The van der Waals surface area contributed by atoms with Gasteiger partial charge in [0.15, 0.2) is 0 Å². The standard InChI is InChI=1S/C26H23N3O3S/c1-18-13-14-25(19(2)15-18)29-33(31,32)23-11-6-9-21(16-23)26(30)28-27-17-22-10-5-8-20-7-3-4-12-24(20)22/h3-17,29H,1-2H3,(H,28,30)/b27-17+. The Morgan fingerprint density at radius 3 is 2.45 bits per heavy atom. The van der Waals surface area contributed by atoms with Gasteiger partial charge in [-0.15, -0.1) is 0 Å². The van der Waals surface area contributed by atoms with E-state index in [1.807, 2.05) is 68.4 Å². The maximum Gasteiger partial charge on any atom is 0.271 e. The summed E-state index contributed by atoms with van der Waals surface area (Å²) in [5, 5.41) is 6.15. The van der Waals surface area contributed by atoms with Gasteiger partial charge in [0.05, 0.1) is 16.8 Å². The second-order valence-electron chi connectivity index (χ2n) is 7.72. The zero-order valence-electron chi connectivity index (χ0n) is 18.2. The van der Waals surface area contributed by atoms with E-state index < -0.39 is 15.9 Å². The number of anilines is 1. The molecule has 0 radical (unpaired) electrons. The lowest BCUT2D eigenvalue weighted by molar-refractivity contribution is 0.0955. The van der Waals surface area contributed by atoms with Crippen LogP contribution in [0.25, 0.3) is 10.8 Å². The second-order valence-corrected chi connectivity index (χ2v) is 9.40. The molecule has 4 rings (SSSR count). The molecule has 0 fully saturated rings. The maximum atomic E-state index is 12.9. The van der Waals surface area contributed by atoms with E-state index in [0.717, 1.165) is 27.5 Å². The van der Waals surface area contributed by atoms with Crippen LogP contribution >= 0.6 is 0 Å². The Balaban J connectivity index is 1.51. The number of carbonyl (C=O) groups excluding carboxylic acids is 1. The normalized spacial score (nSPS) is 11.6. The largest absolute Gasteiger partial charge is 0.279 e. The number of aryl methyl sites for hydroxylation is 2. The Morgan fingerprint density at radius 1 is 0.879 bits per heavy atom. The van der Waals surface area contributed by atoms with E-state index >= 15 is 0 Å². The molecule has 0 aliphatic rings. The minimum absolute atomic E-state index is 0.00634. The van der Waals surface area contributed by atoms with Crippen molar-refractivity contribution in [1.82, 2.24) is 5.43 Å². The van der Waals surface area contributed by atoms with Crippen LogP contribution in [0, 0.1) is 13.8 Å². The fraction of sp³-hybridized carbons (Fsp3) is 0.0769. The second kappa shape index (κ2) is 9.26. The fourth-order valence-corrected chi connectivity index (χ4v) is 4.70. The molecule has 0 aromatic heterocycles. The Hall–Kier alpha value is -3.97. The summed E-state index contributed by atoms with van der Waals surface area (Å²) in [4.78, 5) is 12.6. The van der Waals surface area contributed by atoms with Crippen molar-refractivity contribution in [2.24, 2.45) is 5.10 Å². The van der Waals surface area contributed by atoms with Gasteiger partial charge in [0, 0.05) is 11.1 Å². The summed E-state index contributed by atoms with van der Waals surface area (Å²) in [6.45, 7) is 3.78. The quantitative estimate of drug-likeness (QED) is 0.315. The van der Waals surface area contributed by atoms with Gasteiger partial charge in [0.1, 0.15) is 0 Å². The summed E-state index contributed by atoms with van der Waals surface area (Å²) in [7, 11) is -3.86. The van der Waals surface area contributed by atoms with Gasteiger partial charge in [0.25, 0.3) is 15.9 Å².